The second kappa shape index (κ2) is 6.68. The quantitative estimate of drug-likeness (QED) is 0.631. The summed E-state index contributed by atoms with van der Waals surface area (Å²) in [4.78, 5) is 12.3. The largest absolute Gasteiger partial charge is 0.433 e. The molecule has 6 heteroatoms. The third-order valence-electron chi connectivity index (χ3n) is 3.55. The number of likely N-dealkylation sites (N-methyl/N-ethyl adjacent to an activating group) is 1. The lowest BCUT2D eigenvalue weighted by Crippen LogP contribution is -2.43. The van der Waals surface area contributed by atoms with Crippen LogP contribution in [-0.4, -0.2) is 35.5 Å². The van der Waals surface area contributed by atoms with Gasteiger partial charge in [-0.25, -0.2) is 0 Å². The van der Waals surface area contributed by atoms with Crippen molar-refractivity contribution < 1.29 is 9.34 Å². The molecule has 2 heterocycles. The lowest BCUT2D eigenvalue weighted by molar-refractivity contribution is -0.402. The van der Waals surface area contributed by atoms with Crippen LogP contribution in [0.15, 0.2) is 16.5 Å². The van der Waals surface area contributed by atoms with Crippen LogP contribution in [0.5, 0.6) is 0 Å². The average molecular weight is 267 g/mol. The molecule has 0 radical (unpaired) electrons. The van der Waals surface area contributed by atoms with E-state index in [0.717, 1.165) is 19.6 Å². The summed E-state index contributed by atoms with van der Waals surface area (Å²) in [5.41, 5.74) is 0. The van der Waals surface area contributed by atoms with Crippen molar-refractivity contribution in [2.45, 2.75) is 38.8 Å². The second-order valence-electron chi connectivity index (χ2n) is 4.97. The molecule has 0 spiro atoms. The van der Waals surface area contributed by atoms with Gasteiger partial charge in [0.2, 0.25) is 0 Å². The zero-order valence-electron chi connectivity index (χ0n) is 11.3. The van der Waals surface area contributed by atoms with E-state index in [0.29, 0.717) is 18.3 Å². The standard InChI is InChI=1S/C13H21N3O3/c1-2-15(9-11-5-3-4-8-14-11)10-12-6-7-13(19-12)16(17)18/h6-7,11,14H,2-5,8-10H2,1H3. The fourth-order valence-electron chi connectivity index (χ4n) is 2.47. The Labute approximate surface area is 112 Å². The van der Waals surface area contributed by atoms with Gasteiger partial charge in [-0.1, -0.05) is 13.3 Å². The predicted molar refractivity (Wildman–Crippen MR) is 72.0 cm³/mol. The van der Waals surface area contributed by atoms with Crippen LogP contribution in [-0.2, 0) is 6.54 Å². The second-order valence-corrected chi connectivity index (χ2v) is 4.97. The third kappa shape index (κ3) is 4.04. The Hall–Kier alpha value is -1.40. The van der Waals surface area contributed by atoms with Gasteiger partial charge in [0, 0.05) is 12.6 Å². The lowest BCUT2D eigenvalue weighted by atomic mass is 10.0. The van der Waals surface area contributed by atoms with Gasteiger partial charge in [-0.3, -0.25) is 15.0 Å². The van der Waals surface area contributed by atoms with Crippen molar-refractivity contribution >= 4 is 5.88 Å². The van der Waals surface area contributed by atoms with E-state index in [1.165, 1.54) is 25.3 Å². The van der Waals surface area contributed by atoms with Crippen molar-refractivity contribution in [1.82, 2.24) is 10.2 Å². The van der Waals surface area contributed by atoms with E-state index >= 15 is 0 Å². The zero-order chi connectivity index (χ0) is 13.7. The first-order chi connectivity index (χ1) is 9.19. The molecule has 0 bridgehead atoms. The molecule has 0 aliphatic carbocycles. The van der Waals surface area contributed by atoms with Gasteiger partial charge in [0.1, 0.15) is 10.7 Å². The van der Waals surface area contributed by atoms with Crippen LogP contribution in [0.25, 0.3) is 0 Å². The van der Waals surface area contributed by atoms with Gasteiger partial charge in [0.15, 0.2) is 0 Å². The Kier molecular flexibility index (Phi) is 4.93. The van der Waals surface area contributed by atoms with Gasteiger partial charge in [-0.15, -0.1) is 0 Å². The molecule has 2 rings (SSSR count). The van der Waals surface area contributed by atoms with E-state index in [4.69, 9.17) is 4.42 Å². The fourth-order valence-corrected chi connectivity index (χ4v) is 2.47. The maximum Gasteiger partial charge on any atom is 0.433 e. The molecule has 19 heavy (non-hydrogen) atoms. The molecule has 0 aromatic carbocycles. The molecule has 1 aliphatic heterocycles. The number of nitrogens with one attached hydrogen (secondary N) is 1. The van der Waals surface area contributed by atoms with E-state index in [2.05, 4.69) is 17.1 Å². The summed E-state index contributed by atoms with van der Waals surface area (Å²) in [5.74, 6) is 0.478. The van der Waals surface area contributed by atoms with Crippen LogP contribution in [0.3, 0.4) is 0 Å². The number of nitrogens with zero attached hydrogens (tertiary/aromatic N) is 2. The van der Waals surface area contributed by atoms with Gasteiger partial charge in [0.05, 0.1) is 12.6 Å². The molecular weight excluding hydrogens is 246 g/mol. The Morgan fingerprint density at radius 1 is 1.53 bits per heavy atom. The monoisotopic (exact) mass is 267 g/mol. The molecule has 0 amide bonds. The van der Waals surface area contributed by atoms with Crippen molar-refractivity contribution in [3.8, 4) is 0 Å². The maximum atomic E-state index is 10.6. The maximum absolute atomic E-state index is 10.6. The van der Waals surface area contributed by atoms with E-state index in [9.17, 15) is 10.1 Å². The number of hydrogen-bond donors (Lipinski definition) is 1. The van der Waals surface area contributed by atoms with Crippen LogP contribution >= 0.6 is 0 Å². The van der Waals surface area contributed by atoms with Crippen molar-refractivity contribution in [3.63, 3.8) is 0 Å². The van der Waals surface area contributed by atoms with Gasteiger partial charge in [-0.2, -0.15) is 0 Å². The van der Waals surface area contributed by atoms with Crippen LogP contribution < -0.4 is 5.32 Å². The predicted octanol–water partition coefficient (Wildman–Crippen LogP) is 2.15. The first kappa shape index (κ1) is 14.0. The van der Waals surface area contributed by atoms with Gasteiger partial charge in [0.25, 0.3) is 0 Å². The number of furan rings is 1. The van der Waals surface area contributed by atoms with Gasteiger partial charge in [-0.05, 0) is 32.0 Å². The lowest BCUT2D eigenvalue weighted by Gasteiger charge is -2.29. The van der Waals surface area contributed by atoms with E-state index in [-0.39, 0.29) is 5.88 Å². The first-order valence-electron chi connectivity index (χ1n) is 6.88. The van der Waals surface area contributed by atoms with E-state index in [1.807, 2.05) is 0 Å². The number of nitro groups is 1. The fraction of sp³-hybridized carbons (Fsp3) is 0.692. The highest BCUT2D eigenvalue weighted by atomic mass is 16.6. The highest BCUT2D eigenvalue weighted by Gasteiger charge is 2.18. The molecular formula is C13H21N3O3. The van der Waals surface area contributed by atoms with Crippen molar-refractivity contribution in [1.29, 1.82) is 0 Å². The Morgan fingerprint density at radius 2 is 2.37 bits per heavy atom. The summed E-state index contributed by atoms with van der Waals surface area (Å²) in [6.07, 6.45) is 3.74. The molecule has 6 nitrogen and oxygen atoms in total. The summed E-state index contributed by atoms with van der Waals surface area (Å²) in [6, 6.07) is 3.63. The molecule has 1 aromatic heterocycles. The Bertz CT molecular complexity index is 413. The molecule has 1 fully saturated rings. The number of piperidine rings is 1. The minimum atomic E-state index is -0.498. The van der Waals surface area contributed by atoms with E-state index < -0.39 is 4.92 Å². The molecule has 1 atom stereocenters. The molecule has 0 saturated carbocycles. The van der Waals surface area contributed by atoms with Crippen LogP contribution in [0, 0.1) is 10.1 Å². The van der Waals surface area contributed by atoms with Crippen LogP contribution in [0.4, 0.5) is 5.88 Å². The molecule has 1 unspecified atom stereocenters. The van der Waals surface area contributed by atoms with Crippen molar-refractivity contribution in [3.05, 3.63) is 28.0 Å². The Balaban J connectivity index is 1.88. The minimum absolute atomic E-state index is 0.179. The minimum Gasteiger partial charge on any atom is -0.404 e. The summed E-state index contributed by atoms with van der Waals surface area (Å²) < 4.78 is 5.21. The summed E-state index contributed by atoms with van der Waals surface area (Å²) in [7, 11) is 0. The molecule has 1 aliphatic rings. The summed E-state index contributed by atoms with van der Waals surface area (Å²) >= 11 is 0. The SMILES string of the molecule is CCN(Cc1ccc([N+](=O)[O-])o1)CC1CCCCN1. The number of rotatable bonds is 6. The smallest absolute Gasteiger partial charge is 0.404 e. The van der Waals surface area contributed by atoms with E-state index in [1.54, 1.807) is 6.07 Å². The summed E-state index contributed by atoms with van der Waals surface area (Å²) in [6.45, 7) is 5.69. The molecule has 1 N–H and O–H groups in total. The van der Waals surface area contributed by atoms with Crippen molar-refractivity contribution in [2.75, 3.05) is 19.6 Å². The Morgan fingerprint density at radius 3 is 2.95 bits per heavy atom. The van der Waals surface area contributed by atoms with Gasteiger partial charge < -0.3 is 9.73 Å². The highest BCUT2D eigenvalue weighted by Crippen LogP contribution is 2.18. The topological polar surface area (TPSA) is 71.5 Å². The normalized spacial score (nSPS) is 19.8. The highest BCUT2D eigenvalue weighted by molar-refractivity contribution is 5.17. The van der Waals surface area contributed by atoms with Gasteiger partial charge >= 0.3 is 5.88 Å². The van der Waals surface area contributed by atoms with Crippen LogP contribution in [0.1, 0.15) is 31.9 Å². The summed E-state index contributed by atoms with van der Waals surface area (Å²) in [5, 5.41) is 14.1. The zero-order valence-corrected chi connectivity index (χ0v) is 11.3. The van der Waals surface area contributed by atoms with Crippen LogP contribution in [0.2, 0.25) is 0 Å². The molecule has 1 aromatic rings. The average Bonchev–Trinajstić information content (AvgIpc) is 2.88. The third-order valence-corrected chi connectivity index (χ3v) is 3.55. The first-order valence-corrected chi connectivity index (χ1v) is 6.88. The van der Waals surface area contributed by atoms with Crippen molar-refractivity contribution in [2.24, 2.45) is 0 Å². The number of hydrogen-bond acceptors (Lipinski definition) is 5. The molecule has 106 valence electrons. The molecule has 1 saturated heterocycles.